The molecular weight excluding hydrogens is 480 g/mol. The Morgan fingerprint density at radius 1 is 1.25 bits per heavy atom. The topological polar surface area (TPSA) is 133 Å². The maximum absolute atomic E-state index is 11.9. The molecule has 4 N–H and O–H groups in total. The van der Waals surface area contributed by atoms with Gasteiger partial charge in [-0.15, -0.1) is 0 Å². The standard InChI is InChI=1S/C17H23NO4S.C9H13N3O/c1-3-14(19)18-15(16(20)21)17(11-23-2,22-13-9-10-13)12-7-5-4-6-8-12;13-9(7-1-2-10-4-7)3-8-5-11-6-12-8/h4-8,13,15H,3,9-11H2,1-2H3,(H,18,19)(H,20,21);5-7,10H,1-4H2,(H,11,12)/t15-,17?;7-/m10/s1. The third-order valence-corrected chi connectivity index (χ3v) is 7.01. The van der Waals surface area contributed by atoms with Crippen molar-refractivity contribution in [2.24, 2.45) is 5.92 Å². The van der Waals surface area contributed by atoms with Gasteiger partial charge in [-0.05, 0) is 37.6 Å². The van der Waals surface area contributed by atoms with Gasteiger partial charge >= 0.3 is 5.97 Å². The van der Waals surface area contributed by atoms with Gasteiger partial charge in [0, 0.05) is 30.8 Å². The molecule has 36 heavy (non-hydrogen) atoms. The van der Waals surface area contributed by atoms with Crippen LogP contribution in [0.25, 0.3) is 0 Å². The summed E-state index contributed by atoms with van der Waals surface area (Å²) in [5, 5.41) is 15.6. The van der Waals surface area contributed by atoms with E-state index in [2.05, 4.69) is 20.6 Å². The van der Waals surface area contributed by atoms with Crippen LogP contribution in [0.1, 0.15) is 43.9 Å². The van der Waals surface area contributed by atoms with Crippen LogP contribution >= 0.6 is 11.8 Å². The smallest absolute Gasteiger partial charge is 0.329 e. The molecule has 1 aromatic carbocycles. The van der Waals surface area contributed by atoms with E-state index in [1.165, 1.54) is 11.8 Å². The predicted octanol–water partition coefficient (Wildman–Crippen LogP) is 2.53. The van der Waals surface area contributed by atoms with E-state index in [1.54, 1.807) is 19.4 Å². The lowest BCUT2D eigenvalue weighted by molar-refractivity contribution is -0.155. The number of hydrogen-bond acceptors (Lipinski definition) is 7. The van der Waals surface area contributed by atoms with Crippen LogP contribution in [0, 0.1) is 5.92 Å². The Hall–Kier alpha value is -2.69. The summed E-state index contributed by atoms with van der Waals surface area (Å²) in [6.45, 7) is 3.51. The predicted molar refractivity (Wildman–Crippen MR) is 139 cm³/mol. The number of imidazole rings is 1. The number of hydrogen-bond donors (Lipinski definition) is 4. The van der Waals surface area contributed by atoms with Crippen LogP contribution in [-0.4, -0.2) is 70.0 Å². The Balaban J connectivity index is 0.000000233. The van der Waals surface area contributed by atoms with Crippen molar-refractivity contribution in [1.29, 1.82) is 0 Å². The molecule has 0 radical (unpaired) electrons. The van der Waals surface area contributed by atoms with Crippen LogP contribution < -0.4 is 10.6 Å². The number of aromatic amines is 1. The number of carboxylic acid groups (broad SMARTS) is 1. The number of aromatic nitrogens is 2. The summed E-state index contributed by atoms with van der Waals surface area (Å²) in [7, 11) is 0. The number of nitrogens with zero attached hydrogens (tertiary/aromatic N) is 1. The lowest BCUT2D eigenvalue weighted by Crippen LogP contribution is -2.58. The number of benzene rings is 1. The zero-order valence-corrected chi connectivity index (χ0v) is 21.7. The second-order valence-electron chi connectivity index (χ2n) is 9.09. The number of ether oxygens (including phenoxy) is 1. The summed E-state index contributed by atoms with van der Waals surface area (Å²) in [5.41, 5.74) is 0.556. The number of carbonyl (C=O) groups excluding carboxylic acids is 2. The molecule has 1 amide bonds. The normalized spacial score (nSPS) is 19.4. The fourth-order valence-electron chi connectivity index (χ4n) is 4.20. The first-order valence-corrected chi connectivity index (χ1v) is 13.7. The molecule has 1 aliphatic carbocycles. The molecule has 0 bridgehead atoms. The second-order valence-corrected chi connectivity index (χ2v) is 9.96. The number of ketones is 1. The Bertz CT molecular complexity index is 977. The summed E-state index contributed by atoms with van der Waals surface area (Å²) in [5.74, 6) is -0.411. The molecule has 0 spiro atoms. The van der Waals surface area contributed by atoms with Crippen molar-refractivity contribution < 1.29 is 24.2 Å². The van der Waals surface area contributed by atoms with Crippen molar-refractivity contribution in [1.82, 2.24) is 20.6 Å². The van der Waals surface area contributed by atoms with Crippen molar-refractivity contribution in [2.75, 3.05) is 25.1 Å². The quantitative estimate of drug-likeness (QED) is 0.338. The summed E-state index contributed by atoms with van der Waals surface area (Å²) < 4.78 is 6.23. The van der Waals surface area contributed by atoms with Gasteiger partial charge in [-0.25, -0.2) is 9.78 Å². The highest BCUT2D eigenvalue weighted by Gasteiger charge is 2.49. The van der Waals surface area contributed by atoms with Crippen molar-refractivity contribution >= 4 is 29.4 Å². The molecule has 10 heteroatoms. The van der Waals surface area contributed by atoms with Crippen molar-refractivity contribution in [3.05, 3.63) is 54.1 Å². The number of aliphatic carboxylic acids is 1. The molecular formula is C26H36N4O5S. The fraction of sp³-hybridized carbons (Fsp3) is 0.538. The van der Waals surface area contributed by atoms with Crippen molar-refractivity contribution in [3.8, 4) is 0 Å². The Morgan fingerprint density at radius 2 is 2.00 bits per heavy atom. The molecule has 3 atom stereocenters. The van der Waals surface area contributed by atoms with Gasteiger partial charge in [0.2, 0.25) is 5.91 Å². The monoisotopic (exact) mass is 516 g/mol. The first-order valence-electron chi connectivity index (χ1n) is 12.3. The SMILES string of the molecule is CCC(=O)N[C@H](C(=O)O)C(CSC)(OC1CC1)c1ccccc1.O=C(Cc1c[nH]cn1)[C@H]1CCNC1. The number of nitrogens with one attached hydrogen (secondary N) is 3. The summed E-state index contributed by atoms with van der Waals surface area (Å²) in [6.07, 6.45) is 8.89. The minimum Gasteiger partial charge on any atom is -0.480 e. The number of carboxylic acids is 1. The highest BCUT2D eigenvalue weighted by Crippen LogP contribution is 2.40. The number of Topliss-reactive ketones (excluding diaryl/α,β-unsaturated/α-hetero) is 1. The van der Waals surface area contributed by atoms with Gasteiger partial charge in [0.15, 0.2) is 6.04 Å². The zero-order valence-electron chi connectivity index (χ0n) is 20.9. The Labute approximate surface area is 216 Å². The van der Waals surface area contributed by atoms with Gasteiger partial charge in [0.05, 0.1) is 24.5 Å². The number of amides is 1. The lowest BCUT2D eigenvalue weighted by Gasteiger charge is -2.39. The number of rotatable bonds is 12. The van der Waals surface area contributed by atoms with E-state index >= 15 is 0 Å². The van der Waals surface area contributed by atoms with E-state index < -0.39 is 17.6 Å². The maximum Gasteiger partial charge on any atom is 0.329 e. The third kappa shape index (κ3) is 7.65. The van der Waals surface area contributed by atoms with Gasteiger partial charge < -0.3 is 25.5 Å². The molecule has 2 heterocycles. The molecule has 2 aliphatic rings. The molecule has 196 valence electrons. The zero-order chi connectivity index (χ0) is 26.0. The van der Waals surface area contributed by atoms with Crippen LogP contribution in [-0.2, 0) is 31.1 Å². The molecule has 1 aliphatic heterocycles. The van der Waals surface area contributed by atoms with E-state index in [0.717, 1.165) is 43.6 Å². The van der Waals surface area contributed by atoms with Crippen LogP contribution in [0.5, 0.6) is 0 Å². The van der Waals surface area contributed by atoms with Crippen LogP contribution in [0.3, 0.4) is 0 Å². The van der Waals surface area contributed by atoms with Crippen LogP contribution in [0.15, 0.2) is 42.9 Å². The average molecular weight is 517 g/mol. The summed E-state index contributed by atoms with van der Waals surface area (Å²) in [6, 6.07) is 8.22. The van der Waals surface area contributed by atoms with E-state index in [1.807, 2.05) is 36.6 Å². The van der Waals surface area contributed by atoms with Gasteiger partial charge in [-0.3, -0.25) is 9.59 Å². The largest absolute Gasteiger partial charge is 0.480 e. The Kier molecular flexibility index (Phi) is 10.5. The first kappa shape index (κ1) is 27.9. The van der Waals surface area contributed by atoms with Crippen LogP contribution in [0.4, 0.5) is 0 Å². The molecule has 1 saturated heterocycles. The van der Waals surface area contributed by atoms with E-state index in [4.69, 9.17) is 4.74 Å². The average Bonchev–Trinajstić information content (AvgIpc) is 3.29. The fourth-order valence-corrected chi connectivity index (χ4v) is 5.03. The molecule has 1 unspecified atom stereocenters. The summed E-state index contributed by atoms with van der Waals surface area (Å²) >= 11 is 1.51. The van der Waals surface area contributed by atoms with Crippen molar-refractivity contribution in [2.45, 2.75) is 56.8 Å². The van der Waals surface area contributed by atoms with E-state index in [9.17, 15) is 19.5 Å². The number of H-pyrrole nitrogens is 1. The highest BCUT2D eigenvalue weighted by molar-refractivity contribution is 7.98. The molecule has 2 aromatic rings. The molecule has 4 rings (SSSR count). The van der Waals surface area contributed by atoms with Crippen LogP contribution in [0.2, 0.25) is 0 Å². The minimum absolute atomic E-state index is 0.0581. The van der Waals surface area contributed by atoms with Gasteiger partial charge in [0.25, 0.3) is 0 Å². The molecule has 2 fully saturated rings. The highest BCUT2D eigenvalue weighted by atomic mass is 32.2. The molecule has 1 saturated carbocycles. The van der Waals surface area contributed by atoms with Gasteiger partial charge in [-0.1, -0.05) is 37.3 Å². The first-order chi connectivity index (χ1) is 17.4. The summed E-state index contributed by atoms with van der Waals surface area (Å²) in [4.78, 5) is 42.3. The van der Waals surface area contributed by atoms with Gasteiger partial charge in [0.1, 0.15) is 11.4 Å². The van der Waals surface area contributed by atoms with E-state index in [-0.39, 0.29) is 24.3 Å². The number of thioether (sulfide) groups is 1. The third-order valence-electron chi connectivity index (χ3n) is 6.29. The van der Waals surface area contributed by atoms with E-state index in [0.29, 0.717) is 18.0 Å². The molecule has 1 aromatic heterocycles. The minimum atomic E-state index is -1.12. The lowest BCUT2D eigenvalue weighted by atomic mass is 9.87. The van der Waals surface area contributed by atoms with Gasteiger partial charge in [-0.2, -0.15) is 11.8 Å². The molecule has 9 nitrogen and oxygen atoms in total. The number of carbonyl (C=O) groups is 3. The van der Waals surface area contributed by atoms with Crippen molar-refractivity contribution in [3.63, 3.8) is 0 Å². The Morgan fingerprint density at radius 3 is 2.53 bits per heavy atom. The second kappa shape index (κ2) is 13.6. The maximum atomic E-state index is 11.9.